The summed E-state index contributed by atoms with van der Waals surface area (Å²) >= 11 is 0. The third-order valence-electron chi connectivity index (χ3n) is 2.17. The van der Waals surface area contributed by atoms with E-state index in [-0.39, 0.29) is 0 Å². The van der Waals surface area contributed by atoms with E-state index >= 15 is 0 Å². The van der Waals surface area contributed by atoms with Crippen LogP contribution in [0.1, 0.15) is 25.0 Å². The predicted molar refractivity (Wildman–Crippen MR) is 61.3 cm³/mol. The molecule has 0 fully saturated rings. The lowest BCUT2D eigenvalue weighted by Crippen LogP contribution is -1.86. The highest BCUT2D eigenvalue weighted by molar-refractivity contribution is 5.93. The Morgan fingerprint density at radius 3 is 2.29 bits per heavy atom. The largest absolute Gasteiger partial charge is 0.382 e. The van der Waals surface area contributed by atoms with Crippen molar-refractivity contribution < 1.29 is 0 Å². The molecule has 14 heavy (non-hydrogen) atoms. The molecule has 3 N–H and O–H groups in total. The van der Waals surface area contributed by atoms with Gasteiger partial charge in [-0.25, -0.2) is 0 Å². The number of aromatic amines is 1. The van der Waals surface area contributed by atoms with Gasteiger partial charge in [0.25, 0.3) is 0 Å². The van der Waals surface area contributed by atoms with E-state index in [0.29, 0.717) is 5.82 Å². The third kappa shape index (κ3) is 1.58. The van der Waals surface area contributed by atoms with Gasteiger partial charge in [0, 0.05) is 5.39 Å². The summed E-state index contributed by atoms with van der Waals surface area (Å²) in [6, 6.07) is 4.12. The monoisotopic (exact) mass is 191 g/mol. The van der Waals surface area contributed by atoms with Gasteiger partial charge in [-0.2, -0.15) is 5.10 Å². The number of rotatable bonds is 0. The molecule has 0 saturated heterocycles. The van der Waals surface area contributed by atoms with E-state index in [1.54, 1.807) is 0 Å². The standard InChI is InChI=1S/C9H11N3.C2H6/c1-5-3-4-6(2)8-7(5)9(10)12-11-8;1-2/h3-4H,1-2H3,(H3,10,11,12);1-2H3. The van der Waals surface area contributed by atoms with Crippen LogP contribution in [-0.4, -0.2) is 10.2 Å². The molecule has 2 aromatic rings. The van der Waals surface area contributed by atoms with Crippen LogP contribution in [0.3, 0.4) is 0 Å². The van der Waals surface area contributed by atoms with Crippen molar-refractivity contribution in [3.05, 3.63) is 23.3 Å². The minimum absolute atomic E-state index is 0.589. The Morgan fingerprint density at radius 2 is 1.71 bits per heavy atom. The lowest BCUT2D eigenvalue weighted by Gasteiger charge is -1.98. The van der Waals surface area contributed by atoms with Gasteiger partial charge in [-0.1, -0.05) is 26.0 Å². The second-order valence-corrected chi connectivity index (χ2v) is 3.06. The molecule has 0 saturated carbocycles. The van der Waals surface area contributed by atoms with E-state index < -0.39 is 0 Å². The number of hydrogen-bond donors (Lipinski definition) is 2. The molecule has 3 heteroatoms. The molecule has 0 aliphatic carbocycles. The van der Waals surface area contributed by atoms with Crippen LogP contribution in [0.15, 0.2) is 12.1 Å². The molecule has 3 nitrogen and oxygen atoms in total. The Morgan fingerprint density at radius 1 is 1.14 bits per heavy atom. The SMILES string of the molecule is CC.Cc1ccc(C)c2c(N)n[nH]c12. The molecule has 2 rings (SSSR count). The second kappa shape index (κ2) is 4.13. The third-order valence-corrected chi connectivity index (χ3v) is 2.17. The summed E-state index contributed by atoms with van der Waals surface area (Å²) in [6.07, 6.45) is 0. The fourth-order valence-electron chi connectivity index (χ4n) is 1.46. The molecule has 1 aromatic carbocycles. The molecule has 0 atom stereocenters. The topological polar surface area (TPSA) is 54.7 Å². The highest BCUT2D eigenvalue weighted by Crippen LogP contribution is 2.24. The van der Waals surface area contributed by atoms with E-state index in [9.17, 15) is 0 Å². The maximum Gasteiger partial charge on any atom is 0.153 e. The van der Waals surface area contributed by atoms with Crippen molar-refractivity contribution in [2.45, 2.75) is 27.7 Å². The smallest absolute Gasteiger partial charge is 0.153 e. The minimum Gasteiger partial charge on any atom is -0.382 e. The van der Waals surface area contributed by atoms with Gasteiger partial charge in [0.2, 0.25) is 0 Å². The molecule has 1 heterocycles. The number of hydrogen-bond acceptors (Lipinski definition) is 2. The number of nitrogens with two attached hydrogens (primary N) is 1. The van der Waals surface area contributed by atoms with Crippen molar-refractivity contribution in [2.24, 2.45) is 0 Å². The minimum atomic E-state index is 0.589. The molecule has 76 valence electrons. The van der Waals surface area contributed by atoms with Crippen molar-refractivity contribution in [2.75, 3.05) is 5.73 Å². The number of H-pyrrole nitrogens is 1. The van der Waals surface area contributed by atoms with Crippen LogP contribution in [0.4, 0.5) is 5.82 Å². The van der Waals surface area contributed by atoms with Gasteiger partial charge in [-0.15, -0.1) is 0 Å². The van der Waals surface area contributed by atoms with Crippen LogP contribution >= 0.6 is 0 Å². The van der Waals surface area contributed by atoms with Gasteiger partial charge >= 0.3 is 0 Å². The normalized spacial score (nSPS) is 9.71. The van der Waals surface area contributed by atoms with Gasteiger partial charge in [0.05, 0.1) is 5.52 Å². The Bertz CT molecular complexity index is 429. The molecule has 0 unspecified atom stereocenters. The fourth-order valence-corrected chi connectivity index (χ4v) is 1.46. The number of anilines is 1. The molecule has 0 spiro atoms. The van der Waals surface area contributed by atoms with Gasteiger partial charge in [0.15, 0.2) is 5.82 Å². The molecular weight excluding hydrogens is 174 g/mol. The van der Waals surface area contributed by atoms with Crippen molar-refractivity contribution in [3.8, 4) is 0 Å². The highest BCUT2D eigenvalue weighted by atomic mass is 15.1. The number of aromatic nitrogens is 2. The second-order valence-electron chi connectivity index (χ2n) is 3.06. The van der Waals surface area contributed by atoms with Gasteiger partial charge in [0.1, 0.15) is 0 Å². The van der Waals surface area contributed by atoms with Gasteiger partial charge in [-0.05, 0) is 25.0 Å². The zero-order valence-electron chi connectivity index (χ0n) is 9.18. The molecule has 0 aliphatic heterocycles. The summed E-state index contributed by atoms with van der Waals surface area (Å²) in [5.74, 6) is 0.589. The quantitative estimate of drug-likeness (QED) is 0.672. The zero-order valence-corrected chi connectivity index (χ0v) is 9.18. The van der Waals surface area contributed by atoms with Crippen LogP contribution in [-0.2, 0) is 0 Å². The Labute approximate surface area is 84.3 Å². The predicted octanol–water partition coefficient (Wildman–Crippen LogP) is 2.79. The number of nitrogens with one attached hydrogen (secondary N) is 1. The maximum absolute atomic E-state index is 5.70. The molecule has 0 bridgehead atoms. The van der Waals surface area contributed by atoms with E-state index in [2.05, 4.69) is 22.3 Å². The number of nitrogen functional groups attached to an aromatic ring is 1. The highest BCUT2D eigenvalue weighted by Gasteiger charge is 2.06. The van der Waals surface area contributed by atoms with E-state index in [0.717, 1.165) is 10.9 Å². The molecule has 0 radical (unpaired) electrons. The first-order valence-corrected chi connectivity index (χ1v) is 4.90. The van der Waals surface area contributed by atoms with Crippen molar-refractivity contribution in [1.82, 2.24) is 10.2 Å². The van der Waals surface area contributed by atoms with Gasteiger partial charge < -0.3 is 5.73 Å². The Hall–Kier alpha value is -1.51. The summed E-state index contributed by atoms with van der Waals surface area (Å²) in [5, 5.41) is 7.94. The summed E-state index contributed by atoms with van der Waals surface area (Å²) in [5.41, 5.74) is 9.10. The number of benzene rings is 1. The zero-order chi connectivity index (χ0) is 10.7. The lowest BCUT2D eigenvalue weighted by molar-refractivity contribution is 1.12. The van der Waals surface area contributed by atoms with E-state index in [1.165, 1.54) is 11.1 Å². The summed E-state index contributed by atoms with van der Waals surface area (Å²) < 4.78 is 0. The molecule has 1 aromatic heterocycles. The first-order chi connectivity index (χ1) is 6.70. The number of fused-ring (bicyclic) bond motifs is 1. The van der Waals surface area contributed by atoms with Crippen LogP contribution in [0.5, 0.6) is 0 Å². The fraction of sp³-hybridized carbons (Fsp3) is 0.364. The first kappa shape index (κ1) is 10.6. The Kier molecular flexibility index (Phi) is 3.12. The summed E-state index contributed by atoms with van der Waals surface area (Å²) in [6.45, 7) is 8.08. The maximum atomic E-state index is 5.70. The van der Waals surface area contributed by atoms with E-state index in [1.807, 2.05) is 27.7 Å². The van der Waals surface area contributed by atoms with Crippen LogP contribution in [0.25, 0.3) is 10.9 Å². The molecule has 0 aliphatic rings. The van der Waals surface area contributed by atoms with Crippen molar-refractivity contribution in [3.63, 3.8) is 0 Å². The average Bonchev–Trinajstić information content (AvgIpc) is 2.59. The average molecular weight is 191 g/mol. The van der Waals surface area contributed by atoms with Crippen LogP contribution in [0, 0.1) is 13.8 Å². The van der Waals surface area contributed by atoms with Gasteiger partial charge in [-0.3, -0.25) is 5.10 Å². The summed E-state index contributed by atoms with van der Waals surface area (Å²) in [7, 11) is 0. The van der Waals surface area contributed by atoms with Crippen LogP contribution in [0.2, 0.25) is 0 Å². The van der Waals surface area contributed by atoms with Crippen LogP contribution < -0.4 is 5.73 Å². The lowest BCUT2D eigenvalue weighted by atomic mass is 10.1. The number of aryl methyl sites for hydroxylation is 2. The number of nitrogens with zero attached hydrogens (tertiary/aromatic N) is 1. The van der Waals surface area contributed by atoms with E-state index in [4.69, 9.17) is 5.73 Å². The van der Waals surface area contributed by atoms with Crippen molar-refractivity contribution >= 4 is 16.7 Å². The summed E-state index contributed by atoms with van der Waals surface area (Å²) in [4.78, 5) is 0. The molecule has 0 amide bonds. The first-order valence-electron chi connectivity index (χ1n) is 4.90. The van der Waals surface area contributed by atoms with Crippen molar-refractivity contribution in [1.29, 1.82) is 0 Å². The Balaban J connectivity index is 0.000000461. The molecular formula is C11H17N3.